The summed E-state index contributed by atoms with van der Waals surface area (Å²) in [5.41, 5.74) is 14.4. The molecule has 0 aliphatic carbocycles. The molecular weight excluding hydrogens is 532 g/mol. The molecule has 2 aromatic rings. The number of nitrogen functional groups attached to an aromatic ring is 1. The van der Waals surface area contributed by atoms with Crippen molar-refractivity contribution < 1.29 is 14.3 Å². The number of likely N-dealkylation sites (tertiary alicyclic amines) is 1. The van der Waals surface area contributed by atoms with Gasteiger partial charge >= 0.3 is 0 Å². The number of primary amides is 1. The molecule has 5 rings (SSSR count). The molecule has 0 saturated carbocycles. The summed E-state index contributed by atoms with van der Waals surface area (Å²) in [4.78, 5) is 41.7. The molecule has 0 bridgehead atoms. The topological polar surface area (TPSA) is 134 Å². The molecular formula is C28H39ClN8O3. The van der Waals surface area contributed by atoms with Crippen molar-refractivity contribution in [3.63, 3.8) is 0 Å². The molecule has 216 valence electrons. The Morgan fingerprint density at radius 1 is 1.12 bits per heavy atom. The van der Waals surface area contributed by atoms with Crippen LogP contribution in [0.15, 0.2) is 18.2 Å². The Bertz CT molecular complexity index is 1280. The van der Waals surface area contributed by atoms with Crippen LogP contribution in [0.25, 0.3) is 0 Å². The molecule has 11 nitrogen and oxygen atoms in total. The Kier molecular flexibility index (Phi) is 8.19. The number of fused-ring (bicyclic) bond motifs is 1. The van der Waals surface area contributed by atoms with E-state index in [4.69, 9.17) is 27.8 Å². The van der Waals surface area contributed by atoms with E-state index in [1.54, 1.807) is 19.0 Å². The summed E-state index contributed by atoms with van der Waals surface area (Å²) in [6.45, 7) is 8.36. The lowest BCUT2D eigenvalue weighted by atomic mass is 9.96. The average Bonchev–Trinajstić information content (AvgIpc) is 3.31. The zero-order valence-corrected chi connectivity index (χ0v) is 24.4. The number of carbonyl (C=O) groups excluding carboxylic acids is 2. The number of hydrogen-bond acceptors (Lipinski definition) is 9. The quantitative estimate of drug-likeness (QED) is 0.536. The van der Waals surface area contributed by atoms with Gasteiger partial charge in [0.2, 0.25) is 0 Å². The maximum absolute atomic E-state index is 12.9. The minimum atomic E-state index is -0.748. The van der Waals surface area contributed by atoms with Crippen molar-refractivity contribution in [1.82, 2.24) is 24.7 Å². The van der Waals surface area contributed by atoms with Gasteiger partial charge in [-0.05, 0) is 31.7 Å². The van der Waals surface area contributed by atoms with E-state index in [0.29, 0.717) is 17.9 Å². The summed E-state index contributed by atoms with van der Waals surface area (Å²) in [5, 5.41) is 0.137. The second kappa shape index (κ2) is 11.5. The first-order valence-electron chi connectivity index (χ1n) is 13.9. The van der Waals surface area contributed by atoms with Crippen molar-refractivity contribution >= 4 is 35.1 Å². The number of nitrogens with two attached hydrogens (primary N) is 2. The highest BCUT2D eigenvalue weighted by Gasteiger charge is 2.42. The summed E-state index contributed by atoms with van der Waals surface area (Å²) in [5.74, 6) is -0.285. The lowest BCUT2D eigenvalue weighted by molar-refractivity contribution is -0.153. The number of carbonyl (C=O) groups is 2. The lowest BCUT2D eigenvalue weighted by Gasteiger charge is -2.48. The van der Waals surface area contributed by atoms with Crippen LogP contribution < -0.4 is 16.4 Å². The van der Waals surface area contributed by atoms with E-state index in [1.165, 1.54) is 0 Å². The first-order valence-corrected chi connectivity index (χ1v) is 14.3. The van der Waals surface area contributed by atoms with Crippen molar-refractivity contribution in [3.05, 3.63) is 45.7 Å². The van der Waals surface area contributed by atoms with Crippen LogP contribution >= 0.6 is 11.6 Å². The predicted octanol–water partition coefficient (Wildman–Crippen LogP) is 2.34. The molecule has 3 atom stereocenters. The van der Waals surface area contributed by atoms with Gasteiger partial charge in [0.25, 0.3) is 11.8 Å². The number of rotatable bonds is 6. The van der Waals surface area contributed by atoms with E-state index < -0.39 is 12.0 Å². The summed E-state index contributed by atoms with van der Waals surface area (Å²) in [6, 6.07) is 7.07. The lowest BCUT2D eigenvalue weighted by Crippen LogP contribution is -2.58. The number of amides is 2. The van der Waals surface area contributed by atoms with Crippen LogP contribution in [-0.2, 0) is 9.53 Å². The van der Waals surface area contributed by atoms with Gasteiger partial charge in [-0.2, -0.15) is 0 Å². The molecule has 3 unspecified atom stereocenters. The zero-order chi connectivity index (χ0) is 28.7. The number of anilines is 2. The summed E-state index contributed by atoms with van der Waals surface area (Å²) >= 11 is 6.39. The van der Waals surface area contributed by atoms with Gasteiger partial charge in [-0.1, -0.05) is 42.3 Å². The van der Waals surface area contributed by atoms with E-state index >= 15 is 0 Å². The highest BCUT2D eigenvalue weighted by Crippen LogP contribution is 2.43. The maximum atomic E-state index is 12.9. The number of aryl methyl sites for hydroxylation is 1. The highest BCUT2D eigenvalue weighted by atomic mass is 35.5. The Balaban J connectivity index is 1.25. The van der Waals surface area contributed by atoms with Gasteiger partial charge in [-0.15, -0.1) is 0 Å². The van der Waals surface area contributed by atoms with E-state index in [2.05, 4.69) is 49.8 Å². The molecule has 0 spiro atoms. The van der Waals surface area contributed by atoms with Crippen LogP contribution in [0, 0.1) is 6.92 Å². The minimum Gasteiger partial charge on any atom is -0.382 e. The molecule has 1 aromatic carbocycles. The van der Waals surface area contributed by atoms with E-state index in [9.17, 15) is 9.59 Å². The largest absolute Gasteiger partial charge is 0.382 e. The molecule has 0 radical (unpaired) electrons. The van der Waals surface area contributed by atoms with Gasteiger partial charge < -0.3 is 26.0 Å². The fraction of sp³-hybridized carbons (Fsp3) is 0.571. The van der Waals surface area contributed by atoms with Crippen molar-refractivity contribution in [2.24, 2.45) is 5.73 Å². The van der Waals surface area contributed by atoms with E-state index in [1.807, 2.05) is 6.92 Å². The van der Waals surface area contributed by atoms with Crippen molar-refractivity contribution in [3.8, 4) is 0 Å². The normalized spacial score (nSPS) is 24.2. The third kappa shape index (κ3) is 5.35. The zero-order valence-electron chi connectivity index (χ0n) is 23.6. The summed E-state index contributed by atoms with van der Waals surface area (Å²) in [6.07, 6.45) is 2.24. The number of piperazine rings is 1. The van der Waals surface area contributed by atoms with Crippen LogP contribution in [0.4, 0.5) is 11.6 Å². The van der Waals surface area contributed by atoms with Crippen LogP contribution in [0.1, 0.15) is 65.7 Å². The monoisotopic (exact) mass is 570 g/mol. The van der Waals surface area contributed by atoms with Crippen molar-refractivity contribution in [2.75, 3.05) is 57.5 Å². The van der Waals surface area contributed by atoms with Crippen molar-refractivity contribution in [1.29, 1.82) is 0 Å². The minimum absolute atomic E-state index is 0.00450. The second-order valence-corrected chi connectivity index (χ2v) is 11.5. The van der Waals surface area contributed by atoms with Crippen LogP contribution in [0.3, 0.4) is 0 Å². The van der Waals surface area contributed by atoms with Crippen LogP contribution in [-0.4, -0.2) is 95.4 Å². The molecule has 1 aromatic heterocycles. The van der Waals surface area contributed by atoms with Gasteiger partial charge in [0.05, 0.1) is 0 Å². The predicted molar refractivity (Wildman–Crippen MR) is 154 cm³/mol. The SMILES string of the molecule is CCC1CN(c2nc(N)c(C(N)=O)nc2Cl)CCN1C1CCN(C2OC(C(=O)N(C)C)c3cc(C)ccc32)CC1. The first-order chi connectivity index (χ1) is 19.1. The second-order valence-electron chi connectivity index (χ2n) is 11.2. The fourth-order valence-corrected chi connectivity index (χ4v) is 6.54. The molecule has 4 heterocycles. The maximum Gasteiger partial charge on any atom is 0.271 e. The molecule has 40 heavy (non-hydrogen) atoms. The van der Waals surface area contributed by atoms with Gasteiger partial charge in [-0.25, -0.2) is 9.97 Å². The highest BCUT2D eigenvalue weighted by molar-refractivity contribution is 6.32. The number of piperidine rings is 1. The Labute approximate surface area is 240 Å². The van der Waals surface area contributed by atoms with Gasteiger partial charge in [-0.3, -0.25) is 19.4 Å². The van der Waals surface area contributed by atoms with E-state index in [0.717, 1.165) is 68.7 Å². The molecule has 3 aliphatic rings. The van der Waals surface area contributed by atoms with Crippen molar-refractivity contribution in [2.45, 2.75) is 57.5 Å². The van der Waals surface area contributed by atoms with Gasteiger partial charge in [0, 0.05) is 64.5 Å². The fourth-order valence-electron chi connectivity index (χ4n) is 6.29. The molecule has 12 heteroatoms. The molecule has 2 saturated heterocycles. The third-order valence-electron chi connectivity index (χ3n) is 8.42. The smallest absolute Gasteiger partial charge is 0.271 e. The number of hydrogen-bond donors (Lipinski definition) is 2. The average molecular weight is 571 g/mol. The standard InChI is InChI=1S/C28H39ClN8O3/c1-5-17-15-36(26-23(29)32-21(25(31)38)24(30)33-26)12-13-37(17)18-8-10-35(11-9-18)28-19-7-6-16(2)14-20(19)22(40-28)27(39)34(3)4/h6-7,14,17-18,22,28H,5,8-13,15H2,1-4H3,(H2,30,33)(H2,31,38). The summed E-state index contributed by atoms with van der Waals surface area (Å²) in [7, 11) is 3.55. The Morgan fingerprint density at radius 3 is 2.50 bits per heavy atom. The molecule has 4 N–H and O–H groups in total. The number of aromatic nitrogens is 2. The first kappa shape index (κ1) is 28.5. The molecule has 2 amide bonds. The van der Waals surface area contributed by atoms with Gasteiger partial charge in [0.15, 0.2) is 28.6 Å². The summed E-state index contributed by atoms with van der Waals surface area (Å²) < 4.78 is 6.43. The molecule has 3 aliphatic heterocycles. The number of likely N-dealkylation sites (N-methyl/N-ethyl adjacent to an activating group) is 1. The number of nitrogens with zero attached hydrogens (tertiary/aromatic N) is 6. The van der Waals surface area contributed by atoms with Crippen LogP contribution in [0.5, 0.6) is 0 Å². The number of benzene rings is 1. The third-order valence-corrected chi connectivity index (χ3v) is 8.67. The van der Waals surface area contributed by atoms with Gasteiger partial charge in [0.1, 0.15) is 6.23 Å². The number of halogens is 1. The number of ether oxygens (including phenoxy) is 1. The Morgan fingerprint density at radius 2 is 1.85 bits per heavy atom. The Hall–Kier alpha value is -2.99. The van der Waals surface area contributed by atoms with E-state index in [-0.39, 0.29) is 28.8 Å². The molecule has 2 fully saturated rings. The van der Waals surface area contributed by atoms with Crippen LogP contribution in [0.2, 0.25) is 5.15 Å².